The predicted molar refractivity (Wildman–Crippen MR) is 92.5 cm³/mol. The molecule has 0 aliphatic rings. The number of aryl methyl sites for hydroxylation is 1. The number of pyridine rings is 1. The first-order valence-electron chi connectivity index (χ1n) is 7.54. The van der Waals surface area contributed by atoms with Crippen LogP contribution in [0.25, 0.3) is 0 Å². The Labute approximate surface area is 154 Å². The quantitative estimate of drug-likeness (QED) is 0.536. The minimum atomic E-state index is -4.65. The summed E-state index contributed by atoms with van der Waals surface area (Å²) in [5.74, 6) is 0.0956. The summed E-state index contributed by atoms with van der Waals surface area (Å²) in [6.07, 6.45) is -4.42. The van der Waals surface area contributed by atoms with Crippen molar-refractivity contribution in [3.05, 3.63) is 53.2 Å². The summed E-state index contributed by atoms with van der Waals surface area (Å²) in [7, 11) is -3.45. The molecule has 0 N–H and O–H groups in total. The Morgan fingerprint density at radius 2 is 1.88 bits per heavy atom. The largest absolute Gasteiger partial charge is 0.417 e. The summed E-state index contributed by atoms with van der Waals surface area (Å²) in [6.45, 7) is 1.42. The van der Waals surface area contributed by atoms with E-state index in [4.69, 9.17) is 5.26 Å². The van der Waals surface area contributed by atoms with E-state index in [1.165, 1.54) is 19.1 Å². The van der Waals surface area contributed by atoms with Crippen LogP contribution in [-0.4, -0.2) is 24.9 Å². The van der Waals surface area contributed by atoms with E-state index in [0.717, 1.165) is 17.8 Å². The van der Waals surface area contributed by atoms with Crippen molar-refractivity contribution in [2.75, 3.05) is 11.5 Å². The number of thioether (sulfide) groups is 1. The second kappa shape index (κ2) is 8.10. The predicted octanol–water partition coefficient (Wildman–Crippen LogP) is 4.24. The van der Waals surface area contributed by atoms with Gasteiger partial charge >= 0.3 is 6.18 Å². The van der Waals surface area contributed by atoms with Gasteiger partial charge in [-0.3, -0.25) is 0 Å². The third-order valence-electron chi connectivity index (χ3n) is 3.43. The first-order valence-corrected chi connectivity index (χ1v) is 10.2. The summed E-state index contributed by atoms with van der Waals surface area (Å²) < 4.78 is 63.5. The van der Waals surface area contributed by atoms with Crippen LogP contribution in [0.5, 0.6) is 0 Å². The molecule has 2 aromatic rings. The first-order chi connectivity index (χ1) is 12.1. The van der Waals surface area contributed by atoms with Crippen molar-refractivity contribution >= 4 is 21.6 Å². The molecule has 138 valence electrons. The lowest BCUT2D eigenvalue weighted by Crippen LogP contribution is -2.11. The lowest BCUT2D eigenvalue weighted by atomic mass is 10.1. The van der Waals surface area contributed by atoms with Gasteiger partial charge in [0.05, 0.1) is 21.8 Å². The molecule has 1 aromatic heterocycles. The highest BCUT2D eigenvalue weighted by Crippen LogP contribution is 2.36. The number of halogens is 3. The van der Waals surface area contributed by atoms with Gasteiger partial charge in [-0.15, -0.1) is 11.8 Å². The monoisotopic (exact) mass is 400 g/mol. The standard InChI is InChI=1S/C17H15F3N2O2S2/c1-12-10-15(17(18,19)20)14(11-21)16(22-12)25-8-5-9-26(23,24)13-6-3-2-4-7-13/h2-4,6-7,10H,5,8-9H2,1H3. The SMILES string of the molecule is Cc1cc(C(F)(F)F)c(C#N)c(SCCCS(=O)(=O)c2ccccc2)n1. The average molecular weight is 400 g/mol. The van der Waals surface area contributed by atoms with Gasteiger partial charge in [0.25, 0.3) is 0 Å². The minimum absolute atomic E-state index is 0.0306. The van der Waals surface area contributed by atoms with Gasteiger partial charge in [0.2, 0.25) is 0 Å². The number of hydrogen-bond acceptors (Lipinski definition) is 5. The van der Waals surface area contributed by atoms with Crippen LogP contribution >= 0.6 is 11.8 Å². The molecule has 1 aromatic carbocycles. The summed E-state index contributed by atoms with van der Waals surface area (Å²) in [6, 6.07) is 10.3. The highest BCUT2D eigenvalue weighted by Gasteiger charge is 2.35. The molecule has 2 rings (SSSR count). The number of hydrogen-bond donors (Lipinski definition) is 0. The average Bonchev–Trinajstić information content (AvgIpc) is 2.58. The van der Waals surface area contributed by atoms with Crippen LogP contribution in [0.4, 0.5) is 13.2 Å². The van der Waals surface area contributed by atoms with Crippen molar-refractivity contribution in [2.24, 2.45) is 0 Å². The van der Waals surface area contributed by atoms with Gasteiger partial charge in [0.15, 0.2) is 9.84 Å². The van der Waals surface area contributed by atoms with E-state index in [9.17, 15) is 21.6 Å². The number of benzene rings is 1. The van der Waals surface area contributed by atoms with Crippen LogP contribution in [0.15, 0.2) is 46.3 Å². The van der Waals surface area contributed by atoms with E-state index in [1.807, 2.05) is 0 Å². The Kier molecular flexibility index (Phi) is 6.31. The molecule has 0 amide bonds. The zero-order chi connectivity index (χ0) is 19.4. The smallest absolute Gasteiger partial charge is 0.245 e. The van der Waals surface area contributed by atoms with Crippen LogP contribution in [0, 0.1) is 18.3 Å². The Bertz CT molecular complexity index is 922. The van der Waals surface area contributed by atoms with E-state index in [1.54, 1.807) is 24.3 Å². The van der Waals surface area contributed by atoms with Gasteiger partial charge in [-0.05, 0) is 31.5 Å². The van der Waals surface area contributed by atoms with Gasteiger partial charge in [-0.2, -0.15) is 18.4 Å². The molecular formula is C17H15F3N2O2S2. The van der Waals surface area contributed by atoms with Crippen molar-refractivity contribution in [3.63, 3.8) is 0 Å². The zero-order valence-electron chi connectivity index (χ0n) is 13.7. The molecule has 26 heavy (non-hydrogen) atoms. The van der Waals surface area contributed by atoms with Crippen molar-refractivity contribution < 1.29 is 21.6 Å². The number of aromatic nitrogens is 1. The number of rotatable bonds is 6. The van der Waals surface area contributed by atoms with Gasteiger partial charge < -0.3 is 0 Å². The lowest BCUT2D eigenvalue weighted by molar-refractivity contribution is -0.138. The molecule has 0 bridgehead atoms. The Morgan fingerprint density at radius 1 is 1.23 bits per heavy atom. The van der Waals surface area contributed by atoms with E-state index in [0.29, 0.717) is 0 Å². The van der Waals surface area contributed by atoms with Crippen LogP contribution in [0.3, 0.4) is 0 Å². The second-order valence-electron chi connectivity index (χ2n) is 5.43. The fourth-order valence-corrected chi connectivity index (χ4v) is 4.75. The number of nitriles is 1. The second-order valence-corrected chi connectivity index (χ2v) is 8.63. The van der Waals surface area contributed by atoms with Gasteiger partial charge in [-0.25, -0.2) is 13.4 Å². The topological polar surface area (TPSA) is 70.8 Å². The van der Waals surface area contributed by atoms with E-state index >= 15 is 0 Å². The molecule has 0 unspecified atom stereocenters. The van der Waals surface area contributed by atoms with E-state index < -0.39 is 27.1 Å². The normalized spacial score (nSPS) is 12.0. The molecular weight excluding hydrogens is 385 g/mol. The molecule has 0 fully saturated rings. The Morgan fingerprint density at radius 3 is 2.46 bits per heavy atom. The van der Waals surface area contributed by atoms with Gasteiger partial charge in [0.1, 0.15) is 11.1 Å². The zero-order valence-corrected chi connectivity index (χ0v) is 15.4. The Balaban J connectivity index is 2.09. The molecule has 0 aliphatic carbocycles. The fraction of sp³-hybridized carbons (Fsp3) is 0.294. The van der Waals surface area contributed by atoms with Crippen molar-refractivity contribution in [3.8, 4) is 6.07 Å². The summed E-state index contributed by atoms with van der Waals surface area (Å²) in [4.78, 5) is 4.21. The van der Waals surface area contributed by atoms with Crippen molar-refractivity contribution in [1.29, 1.82) is 5.26 Å². The molecule has 1 heterocycles. The maximum absolute atomic E-state index is 13.1. The van der Waals surface area contributed by atoms with Crippen molar-refractivity contribution in [2.45, 2.75) is 29.4 Å². The van der Waals surface area contributed by atoms with Gasteiger partial charge in [0, 0.05) is 11.4 Å². The van der Waals surface area contributed by atoms with Crippen LogP contribution in [0.1, 0.15) is 23.2 Å². The van der Waals surface area contributed by atoms with E-state index in [2.05, 4.69) is 4.98 Å². The molecule has 0 radical (unpaired) electrons. The summed E-state index contributed by atoms with van der Waals surface area (Å²) in [5, 5.41) is 9.06. The van der Waals surface area contributed by atoms with E-state index in [-0.39, 0.29) is 33.5 Å². The summed E-state index contributed by atoms with van der Waals surface area (Å²) >= 11 is 0.954. The summed E-state index contributed by atoms with van der Waals surface area (Å²) in [5.41, 5.74) is -1.40. The molecule has 0 aliphatic heterocycles. The maximum atomic E-state index is 13.1. The van der Waals surface area contributed by atoms with Crippen LogP contribution < -0.4 is 0 Å². The maximum Gasteiger partial charge on any atom is 0.417 e. The number of nitrogens with zero attached hydrogens (tertiary/aromatic N) is 2. The molecule has 0 saturated heterocycles. The van der Waals surface area contributed by atoms with Crippen LogP contribution in [-0.2, 0) is 16.0 Å². The van der Waals surface area contributed by atoms with Crippen LogP contribution in [0.2, 0.25) is 0 Å². The van der Waals surface area contributed by atoms with Crippen molar-refractivity contribution in [1.82, 2.24) is 4.98 Å². The highest BCUT2D eigenvalue weighted by molar-refractivity contribution is 7.99. The van der Waals surface area contributed by atoms with Gasteiger partial charge in [-0.1, -0.05) is 18.2 Å². The molecule has 4 nitrogen and oxygen atoms in total. The third-order valence-corrected chi connectivity index (χ3v) is 6.31. The number of alkyl halides is 3. The molecule has 0 spiro atoms. The minimum Gasteiger partial charge on any atom is -0.245 e. The third kappa shape index (κ3) is 4.99. The molecule has 0 saturated carbocycles. The molecule has 0 atom stereocenters. The first kappa shape index (κ1) is 20.3. The number of sulfone groups is 1. The highest BCUT2D eigenvalue weighted by atomic mass is 32.2. The fourth-order valence-electron chi connectivity index (χ4n) is 2.24. The lowest BCUT2D eigenvalue weighted by Gasteiger charge is -2.12. The Hall–Kier alpha value is -2.05. The molecule has 9 heteroatoms.